The SMILES string of the molecule is CO/N=C(/C(=O)N[C@@H]1C(=O)N2C(C(=O)[O-])=C(C[n+]3cccc(-c4cc(N)n(CCO)n4)c3)CS[C@H]12)c1csc(N)n1. The number of pyridine rings is 1. The normalized spacial score (nSPS) is 18.6. The maximum absolute atomic E-state index is 13.1. The summed E-state index contributed by atoms with van der Waals surface area (Å²) in [7, 11) is 1.27. The Balaban J connectivity index is 1.34. The van der Waals surface area contributed by atoms with Crippen molar-refractivity contribution in [1.82, 2.24) is 25.0 Å². The number of amides is 2. The molecule has 0 unspecified atom stereocenters. The van der Waals surface area contributed by atoms with Crippen LogP contribution in [0.1, 0.15) is 5.69 Å². The molecule has 214 valence electrons. The maximum Gasteiger partial charge on any atom is 0.276 e. The van der Waals surface area contributed by atoms with E-state index in [4.69, 9.17) is 16.3 Å². The standard InChI is InChI=1S/C24H25N9O6S2/c1-39-30-17(15-11-41-24(26)27-15)20(35)28-18-21(36)33-19(23(37)38)13(10-40-22(18)33)9-31-4-2-3-12(8-31)14-7-16(25)32(29-14)5-6-34/h2-4,7-8,11,18,22,34H,5-6,9-10H2,1H3,(H5-,25,26,27,28,29,35,37,38)/b30-17+/t18-,22-/m1/s1. The average Bonchev–Trinajstić information content (AvgIpc) is 3.55. The number of aliphatic hydroxyl groups is 1. The first-order valence-corrected chi connectivity index (χ1v) is 14.1. The van der Waals surface area contributed by atoms with Crippen LogP contribution >= 0.6 is 23.1 Å². The molecule has 2 aliphatic rings. The molecule has 5 heterocycles. The van der Waals surface area contributed by atoms with Gasteiger partial charge in [-0.2, -0.15) is 5.10 Å². The lowest BCUT2D eigenvalue weighted by molar-refractivity contribution is -0.688. The summed E-state index contributed by atoms with van der Waals surface area (Å²) in [5.41, 5.74) is 13.2. The van der Waals surface area contributed by atoms with Gasteiger partial charge in [0, 0.05) is 28.8 Å². The number of carbonyl (C=O) groups excluding carboxylic acids is 3. The van der Waals surface area contributed by atoms with Gasteiger partial charge in [-0.25, -0.2) is 14.2 Å². The van der Waals surface area contributed by atoms with Gasteiger partial charge < -0.3 is 36.6 Å². The first kappa shape index (κ1) is 28.1. The Bertz CT molecular complexity index is 1580. The van der Waals surface area contributed by atoms with E-state index in [9.17, 15) is 24.6 Å². The number of β-lactam (4-membered cyclic amide) rings is 1. The second-order valence-corrected chi connectivity index (χ2v) is 11.0. The number of aliphatic carboxylic acids is 1. The Morgan fingerprint density at radius 1 is 1.39 bits per heavy atom. The lowest BCUT2D eigenvalue weighted by Crippen LogP contribution is -2.71. The second kappa shape index (κ2) is 11.6. The molecule has 0 aliphatic carbocycles. The highest BCUT2D eigenvalue weighted by atomic mass is 32.2. The fourth-order valence-electron chi connectivity index (χ4n) is 4.53. The fourth-order valence-corrected chi connectivity index (χ4v) is 6.42. The molecule has 2 aliphatic heterocycles. The number of thiazole rings is 1. The highest BCUT2D eigenvalue weighted by Crippen LogP contribution is 2.40. The van der Waals surface area contributed by atoms with E-state index in [0.29, 0.717) is 17.1 Å². The van der Waals surface area contributed by atoms with Crippen LogP contribution in [-0.4, -0.2) is 79.2 Å². The number of fused-ring (bicyclic) bond motifs is 1. The summed E-state index contributed by atoms with van der Waals surface area (Å²) < 4.78 is 3.26. The van der Waals surface area contributed by atoms with Crippen molar-refractivity contribution < 1.29 is 34.0 Å². The summed E-state index contributed by atoms with van der Waals surface area (Å²) in [6.45, 7) is 0.312. The average molecular weight is 600 g/mol. The number of hydrogen-bond donors (Lipinski definition) is 4. The quantitative estimate of drug-likeness (QED) is 0.0856. The zero-order chi connectivity index (χ0) is 29.3. The van der Waals surface area contributed by atoms with E-state index in [2.05, 4.69) is 20.6 Å². The Kier molecular flexibility index (Phi) is 7.91. The third kappa shape index (κ3) is 5.46. The Morgan fingerprint density at radius 3 is 2.88 bits per heavy atom. The third-order valence-electron chi connectivity index (χ3n) is 6.34. The van der Waals surface area contributed by atoms with Crippen LogP contribution in [0.2, 0.25) is 0 Å². The van der Waals surface area contributed by atoms with Gasteiger partial charge >= 0.3 is 0 Å². The van der Waals surface area contributed by atoms with Gasteiger partial charge in [-0.1, -0.05) is 5.16 Å². The van der Waals surface area contributed by atoms with Crippen molar-refractivity contribution >= 4 is 57.5 Å². The minimum atomic E-state index is -1.49. The van der Waals surface area contributed by atoms with Gasteiger partial charge in [0.2, 0.25) is 0 Å². The molecular weight excluding hydrogens is 574 g/mol. The van der Waals surface area contributed by atoms with Gasteiger partial charge in [-0.3, -0.25) is 14.5 Å². The number of aromatic nitrogens is 4. The molecule has 0 bridgehead atoms. The van der Waals surface area contributed by atoms with Crippen molar-refractivity contribution in [3.05, 3.63) is 52.9 Å². The minimum Gasteiger partial charge on any atom is -0.543 e. The summed E-state index contributed by atoms with van der Waals surface area (Å²) in [4.78, 5) is 48.2. The fraction of sp³-hybridized carbons (Fsp3) is 0.292. The van der Waals surface area contributed by atoms with Gasteiger partial charge in [0.05, 0.1) is 30.4 Å². The van der Waals surface area contributed by atoms with Crippen LogP contribution in [0.15, 0.2) is 52.4 Å². The summed E-state index contributed by atoms with van der Waals surface area (Å²) in [5.74, 6) is -2.12. The van der Waals surface area contributed by atoms with E-state index in [0.717, 1.165) is 21.8 Å². The van der Waals surface area contributed by atoms with Crippen LogP contribution in [-0.2, 0) is 32.3 Å². The number of hydrogen-bond acceptors (Lipinski definition) is 13. The minimum absolute atomic E-state index is 0.110. The van der Waals surface area contributed by atoms with E-state index in [-0.39, 0.29) is 47.7 Å². The van der Waals surface area contributed by atoms with Crippen LogP contribution in [0, 0.1) is 0 Å². The molecule has 17 heteroatoms. The van der Waals surface area contributed by atoms with Crippen molar-refractivity contribution in [2.45, 2.75) is 24.5 Å². The number of nitrogens with one attached hydrogen (secondary N) is 1. The zero-order valence-corrected chi connectivity index (χ0v) is 23.2. The van der Waals surface area contributed by atoms with Crippen molar-refractivity contribution in [2.24, 2.45) is 5.16 Å². The molecule has 0 radical (unpaired) electrons. The number of carbonyl (C=O) groups is 3. The predicted octanol–water partition coefficient (Wildman–Crippen LogP) is -2.09. The van der Waals surface area contributed by atoms with Crippen molar-refractivity contribution in [3.8, 4) is 11.3 Å². The largest absolute Gasteiger partial charge is 0.543 e. The Morgan fingerprint density at radius 2 is 2.20 bits per heavy atom. The smallest absolute Gasteiger partial charge is 0.276 e. The molecule has 6 N–H and O–H groups in total. The van der Waals surface area contributed by atoms with E-state index >= 15 is 0 Å². The molecule has 1 saturated heterocycles. The first-order chi connectivity index (χ1) is 19.7. The van der Waals surface area contributed by atoms with E-state index in [1.165, 1.54) is 28.9 Å². The van der Waals surface area contributed by atoms with E-state index in [1.807, 2.05) is 6.07 Å². The predicted molar refractivity (Wildman–Crippen MR) is 146 cm³/mol. The number of nitrogens with zero attached hydrogens (tertiary/aromatic N) is 6. The number of thioether (sulfide) groups is 1. The molecule has 1 fully saturated rings. The molecule has 2 atom stereocenters. The number of nitrogens with two attached hydrogens (primary N) is 2. The number of oxime groups is 1. The number of rotatable bonds is 10. The molecular formula is C24H25N9O6S2. The molecule has 15 nitrogen and oxygen atoms in total. The van der Waals surface area contributed by atoms with Crippen LogP contribution in [0.3, 0.4) is 0 Å². The van der Waals surface area contributed by atoms with Crippen molar-refractivity contribution in [3.63, 3.8) is 0 Å². The lowest BCUT2D eigenvalue weighted by atomic mass is 10.0. The topological polar surface area (TPSA) is 218 Å². The molecule has 2 amide bonds. The van der Waals surface area contributed by atoms with Crippen molar-refractivity contribution in [2.75, 3.05) is 30.9 Å². The zero-order valence-electron chi connectivity index (χ0n) is 21.6. The number of nitrogen functional groups attached to an aromatic ring is 2. The summed E-state index contributed by atoms with van der Waals surface area (Å²) in [6.07, 6.45) is 3.54. The van der Waals surface area contributed by atoms with E-state index in [1.54, 1.807) is 29.1 Å². The van der Waals surface area contributed by atoms with Gasteiger partial charge in [-0.15, -0.1) is 23.1 Å². The molecule has 0 saturated carbocycles. The van der Waals surface area contributed by atoms with Crippen LogP contribution in [0.4, 0.5) is 10.9 Å². The number of carboxylic acid groups (broad SMARTS) is 1. The van der Waals surface area contributed by atoms with Gasteiger partial charge in [0.15, 0.2) is 29.8 Å². The number of carboxylic acids is 1. The Labute approximate surface area is 241 Å². The summed E-state index contributed by atoms with van der Waals surface area (Å²) in [6, 6.07) is 4.30. The summed E-state index contributed by atoms with van der Waals surface area (Å²) >= 11 is 2.43. The molecule has 3 aromatic heterocycles. The third-order valence-corrected chi connectivity index (χ3v) is 8.35. The summed E-state index contributed by atoms with van der Waals surface area (Å²) in [5, 5.41) is 33.2. The first-order valence-electron chi connectivity index (χ1n) is 12.2. The molecule has 0 spiro atoms. The maximum atomic E-state index is 13.1. The van der Waals surface area contributed by atoms with Gasteiger partial charge in [0.1, 0.15) is 35.7 Å². The lowest BCUT2D eigenvalue weighted by Gasteiger charge is -2.50. The second-order valence-electron chi connectivity index (χ2n) is 8.96. The highest BCUT2D eigenvalue weighted by Gasteiger charge is 2.53. The monoisotopic (exact) mass is 599 g/mol. The molecule has 3 aromatic rings. The van der Waals surface area contributed by atoms with Gasteiger partial charge in [0.25, 0.3) is 11.8 Å². The molecule has 41 heavy (non-hydrogen) atoms. The van der Waals surface area contributed by atoms with Crippen LogP contribution in [0.25, 0.3) is 11.3 Å². The van der Waals surface area contributed by atoms with Crippen LogP contribution < -0.4 is 26.5 Å². The van der Waals surface area contributed by atoms with Gasteiger partial charge in [-0.05, 0) is 6.07 Å². The van der Waals surface area contributed by atoms with E-state index < -0.39 is 29.2 Å². The van der Waals surface area contributed by atoms with Crippen molar-refractivity contribution in [1.29, 1.82) is 0 Å². The highest BCUT2D eigenvalue weighted by molar-refractivity contribution is 8.00. The molecule has 5 rings (SSSR count). The Hall–Kier alpha value is -4.48. The number of aliphatic hydroxyl groups excluding tert-OH is 1. The van der Waals surface area contributed by atoms with Crippen LogP contribution in [0.5, 0.6) is 0 Å². The molecule has 0 aromatic carbocycles. The number of anilines is 2.